The molecule has 1 saturated carbocycles. The van der Waals surface area contributed by atoms with Crippen LogP contribution in [0.25, 0.3) is 0 Å². The van der Waals surface area contributed by atoms with Crippen molar-refractivity contribution < 1.29 is 10.2 Å². The molecule has 3 N–H and O–H groups in total. The molecular weight excluding hydrogens is 130 g/mol. The number of rotatable bonds is 1. The van der Waals surface area contributed by atoms with E-state index in [0.29, 0.717) is 6.54 Å². The molecule has 0 atom stereocenters. The fourth-order valence-corrected chi connectivity index (χ4v) is 2.32. The first-order valence-corrected chi connectivity index (χ1v) is 3.72. The van der Waals surface area contributed by atoms with Crippen LogP contribution in [0.15, 0.2) is 0 Å². The van der Waals surface area contributed by atoms with Crippen molar-refractivity contribution in [2.45, 2.75) is 18.4 Å². The van der Waals surface area contributed by atoms with Gasteiger partial charge in [-0.1, -0.05) is 0 Å². The van der Waals surface area contributed by atoms with E-state index >= 15 is 0 Å². The van der Waals surface area contributed by atoms with Gasteiger partial charge in [0.05, 0.1) is 12.2 Å². The summed E-state index contributed by atoms with van der Waals surface area (Å²) in [5, 5.41) is 21.6. The number of aliphatic hydroxyl groups is 2. The first-order chi connectivity index (χ1) is 4.68. The summed E-state index contributed by atoms with van der Waals surface area (Å²) in [5.74, 6) is 0. The summed E-state index contributed by atoms with van der Waals surface area (Å²) in [4.78, 5) is 0. The second-order valence-corrected chi connectivity index (χ2v) is 3.84. The topological polar surface area (TPSA) is 52.5 Å². The quantitative estimate of drug-likeness (QED) is 0.445. The van der Waals surface area contributed by atoms with Gasteiger partial charge in [-0.25, -0.2) is 0 Å². The second-order valence-electron chi connectivity index (χ2n) is 3.84. The Labute approximate surface area is 60.1 Å². The van der Waals surface area contributed by atoms with Crippen molar-refractivity contribution in [3.8, 4) is 0 Å². The Morgan fingerprint density at radius 3 is 2.40 bits per heavy atom. The van der Waals surface area contributed by atoms with E-state index in [4.69, 9.17) is 5.11 Å². The van der Waals surface area contributed by atoms with E-state index in [0.717, 1.165) is 19.4 Å². The highest BCUT2D eigenvalue weighted by atomic mass is 16.3. The highest BCUT2D eigenvalue weighted by Crippen LogP contribution is 2.49. The molecule has 2 heterocycles. The summed E-state index contributed by atoms with van der Waals surface area (Å²) >= 11 is 0. The Morgan fingerprint density at radius 2 is 2.00 bits per heavy atom. The molecule has 0 aromatic rings. The molecule has 0 spiro atoms. The van der Waals surface area contributed by atoms with Gasteiger partial charge in [0.2, 0.25) is 0 Å². The summed E-state index contributed by atoms with van der Waals surface area (Å²) in [6, 6.07) is 0. The normalized spacial score (nSPS) is 52.2. The molecule has 0 aromatic carbocycles. The Bertz CT molecular complexity index is 152. The molecule has 3 rings (SSSR count). The number of aliphatic hydroxyl groups excluding tert-OH is 1. The lowest BCUT2D eigenvalue weighted by atomic mass is 9.57. The molecule has 0 unspecified atom stereocenters. The largest absolute Gasteiger partial charge is 0.396 e. The zero-order valence-electron chi connectivity index (χ0n) is 5.93. The number of hydrogen-bond donors (Lipinski definition) is 3. The van der Waals surface area contributed by atoms with Gasteiger partial charge in [0.1, 0.15) is 0 Å². The minimum absolute atomic E-state index is 0.0208. The smallest absolute Gasteiger partial charge is 0.0784 e. The van der Waals surface area contributed by atoms with Crippen LogP contribution in [0.3, 0.4) is 0 Å². The van der Waals surface area contributed by atoms with E-state index in [9.17, 15) is 5.11 Å². The fourth-order valence-electron chi connectivity index (χ4n) is 2.32. The van der Waals surface area contributed by atoms with Crippen LogP contribution in [0, 0.1) is 5.41 Å². The molecule has 3 heteroatoms. The summed E-state index contributed by atoms with van der Waals surface area (Å²) in [6.45, 7) is 1.78. The van der Waals surface area contributed by atoms with Gasteiger partial charge in [-0.2, -0.15) is 0 Å². The highest BCUT2D eigenvalue weighted by Gasteiger charge is 2.56. The van der Waals surface area contributed by atoms with Crippen LogP contribution in [-0.2, 0) is 0 Å². The third-order valence-electron chi connectivity index (χ3n) is 2.70. The molecule has 3 nitrogen and oxygen atoms in total. The average Bonchev–Trinajstić information content (AvgIpc) is 1.86. The van der Waals surface area contributed by atoms with E-state index in [-0.39, 0.29) is 12.0 Å². The lowest BCUT2D eigenvalue weighted by Crippen LogP contribution is -2.67. The van der Waals surface area contributed by atoms with E-state index in [2.05, 4.69) is 5.32 Å². The van der Waals surface area contributed by atoms with Crippen LogP contribution < -0.4 is 5.32 Å². The van der Waals surface area contributed by atoms with Crippen LogP contribution in [0.2, 0.25) is 0 Å². The van der Waals surface area contributed by atoms with Crippen LogP contribution >= 0.6 is 0 Å². The van der Waals surface area contributed by atoms with Gasteiger partial charge in [-0.05, 0) is 12.8 Å². The van der Waals surface area contributed by atoms with Crippen molar-refractivity contribution in [2.75, 3.05) is 19.7 Å². The summed E-state index contributed by atoms with van der Waals surface area (Å²) < 4.78 is 0. The lowest BCUT2D eigenvalue weighted by molar-refractivity contribution is -0.167. The molecule has 3 fully saturated rings. The third-order valence-corrected chi connectivity index (χ3v) is 2.70. The van der Waals surface area contributed by atoms with E-state index in [1.165, 1.54) is 0 Å². The SMILES string of the molecule is OCC12CNCC(O)(C1)C2. The highest BCUT2D eigenvalue weighted by molar-refractivity contribution is 5.09. The Hall–Kier alpha value is -0.120. The average molecular weight is 143 g/mol. The van der Waals surface area contributed by atoms with Gasteiger partial charge >= 0.3 is 0 Å². The van der Waals surface area contributed by atoms with Gasteiger partial charge < -0.3 is 15.5 Å². The maximum Gasteiger partial charge on any atom is 0.0784 e. The first kappa shape index (κ1) is 6.58. The standard InChI is InChI=1S/C7H13NO2/c9-5-6-1-7(10,2-6)4-8-3-6/h8-10H,1-5H2. The van der Waals surface area contributed by atoms with Crippen LogP contribution in [0.1, 0.15) is 12.8 Å². The van der Waals surface area contributed by atoms with Gasteiger partial charge in [-0.15, -0.1) is 0 Å². The molecular formula is C7H13NO2. The van der Waals surface area contributed by atoms with E-state index in [1.54, 1.807) is 0 Å². The zero-order valence-corrected chi connectivity index (χ0v) is 5.93. The summed E-state index contributed by atoms with van der Waals surface area (Å²) in [6.07, 6.45) is 1.56. The van der Waals surface area contributed by atoms with Gasteiger partial charge in [0.25, 0.3) is 0 Å². The van der Waals surface area contributed by atoms with Crippen LogP contribution in [-0.4, -0.2) is 35.5 Å². The monoisotopic (exact) mass is 143 g/mol. The van der Waals surface area contributed by atoms with Gasteiger partial charge in [-0.3, -0.25) is 0 Å². The van der Waals surface area contributed by atoms with Gasteiger partial charge in [0.15, 0.2) is 0 Å². The predicted molar refractivity (Wildman–Crippen MR) is 36.6 cm³/mol. The van der Waals surface area contributed by atoms with Crippen LogP contribution in [0.5, 0.6) is 0 Å². The molecule has 1 aliphatic carbocycles. The number of piperidine rings is 2. The summed E-state index contributed by atoms with van der Waals surface area (Å²) in [7, 11) is 0. The fraction of sp³-hybridized carbons (Fsp3) is 1.00. The Balaban J connectivity index is 2.08. The first-order valence-electron chi connectivity index (χ1n) is 3.72. The number of nitrogens with one attached hydrogen (secondary N) is 1. The number of hydrogen-bond acceptors (Lipinski definition) is 3. The van der Waals surface area contributed by atoms with Crippen LogP contribution in [0.4, 0.5) is 0 Å². The number of fused-ring (bicyclic) bond motifs is 2. The molecule has 58 valence electrons. The second kappa shape index (κ2) is 1.72. The molecule has 0 amide bonds. The Kier molecular flexibility index (Phi) is 1.14. The molecule has 2 aliphatic heterocycles. The molecule has 2 bridgehead atoms. The van der Waals surface area contributed by atoms with Gasteiger partial charge in [0, 0.05) is 18.5 Å². The predicted octanol–water partition coefficient (Wildman–Crippen LogP) is -0.907. The molecule has 0 radical (unpaired) electrons. The van der Waals surface area contributed by atoms with Crippen molar-refractivity contribution >= 4 is 0 Å². The minimum atomic E-state index is -0.485. The van der Waals surface area contributed by atoms with Crippen molar-refractivity contribution in [1.29, 1.82) is 0 Å². The van der Waals surface area contributed by atoms with Crippen molar-refractivity contribution in [3.05, 3.63) is 0 Å². The minimum Gasteiger partial charge on any atom is -0.396 e. The van der Waals surface area contributed by atoms with E-state index in [1.807, 2.05) is 0 Å². The maximum atomic E-state index is 9.56. The molecule has 2 saturated heterocycles. The lowest BCUT2D eigenvalue weighted by Gasteiger charge is -2.57. The van der Waals surface area contributed by atoms with Crippen molar-refractivity contribution in [1.82, 2.24) is 5.32 Å². The van der Waals surface area contributed by atoms with E-state index < -0.39 is 5.60 Å². The molecule has 10 heavy (non-hydrogen) atoms. The van der Waals surface area contributed by atoms with Crippen molar-refractivity contribution in [3.63, 3.8) is 0 Å². The molecule has 0 aromatic heterocycles. The summed E-state index contributed by atoms with van der Waals surface area (Å²) in [5.41, 5.74) is -0.464. The zero-order chi connectivity index (χ0) is 7.24. The Morgan fingerprint density at radius 1 is 1.30 bits per heavy atom. The maximum absolute atomic E-state index is 9.56. The molecule has 3 aliphatic rings. The van der Waals surface area contributed by atoms with Crippen molar-refractivity contribution in [2.24, 2.45) is 5.41 Å². The third kappa shape index (κ3) is 0.713.